The monoisotopic (exact) mass is 460 g/mol. The van der Waals surface area contributed by atoms with Gasteiger partial charge in [-0.15, -0.1) is 0 Å². The van der Waals surface area contributed by atoms with Gasteiger partial charge in [-0.25, -0.2) is 12.8 Å². The van der Waals surface area contributed by atoms with Gasteiger partial charge < -0.3 is 19.1 Å². The first-order chi connectivity index (χ1) is 15.4. The lowest BCUT2D eigenvalue weighted by atomic mass is 10.1. The number of sulfone groups is 1. The van der Waals surface area contributed by atoms with Crippen molar-refractivity contribution < 1.29 is 31.8 Å². The van der Waals surface area contributed by atoms with Crippen LogP contribution in [-0.4, -0.2) is 64.7 Å². The number of morpholine rings is 1. The van der Waals surface area contributed by atoms with Crippen LogP contribution >= 0.6 is 0 Å². The molecule has 0 radical (unpaired) electrons. The number of benzene rings is 2. The summed E-state index contributed by atoms with van der Waals surface area (Å²) >= 11 is 0. The minimum Gasteiger partial charge on any atom is -0.497 e. The molecule has 2 aromatic carbocycles. The lowest BCUT2D eigenvalue weighted by Gasteiger charge is -2.27. The minimum absolute atomic E-state index is 0.00832. The van der Waals surface area contributed by atoms with Gasteiger partial charge in [0.1, 0.15) is 22.2 Å². The molecule has 0 unspecified atom stereocenters. The molecule has 0 saturated carbocycles. The summed E-state index contributed by atoms with van der Waals surface area (Å²) in [5.74, 6) is -0.816. The van der Waals surface area contributed by atoms with E-state index < -0.39 is 21.6 Å². The standard InChI is InChI=1S/C22H21FN2O6S/c1-29-15-4-6-19(30-2)20(12-15)32(27,28)21-16-11-14(23)3-5-18(16)24-13-17(21)22(26)25-7-9-31-10-8-25/h3-6,11-13H,7-10H2,1-2H3. The van der Waals surface area contributed by atoms with Crippen molar-refractivity contribution in [2.45, 2.75) is 9.79 Å². The van der Waals surface area contributed by atoms with Crippen molar-refractivity contribution in [2.75, 3.05) is 40.5 Å². The molecule has 0 aliphatic carbocycles. The normalized spacial score (nSPS) is 14.4. The zero-order valence-electron chi connectivity index (χ0n) is 17.5. The van der Waals surface area contributed by atoms with Crippen molar-refractivity contribution in [3.8, 4) is 11.5 Å². The molecule has 4 rings (SSSR count). The number of carbonyl (C=O) groups excluding carboxylic acids is 1. The maximum atomic E-state index is 14.2. The summed E-state index contributed by atoms with van der Waals surface area (Å²) in [6, 6.07) is 7.94. The van der Waals surface area contributed by atoms with Gasteiger partial charge >= 0.3 is 0 Å². The molecule has 0 N–H and O–H groups in total. The molecule has 1 saturated heterocycles. The second-order valence-corrected chi connectivity index (χ2v) is 8.94. The molecule has 32 heavy (non-hydrogen) atoms. The van der Waals surface area contributed by atoms with Gasteiger partial charge in [0.05, 0.1) is 43.4 Å². The molecule has 1 aliphatic rings. The van der Waals surface area contributed by atoms with Gasteiger partial charge in [-0.2, -0.15) is 0 Å². The fraction of sp³-hybridized carbons (Fsp3) is 0.273. The number of hydrogen-bond acceptors (Lipinski definition) is 7. The third-order valence-corrected chi connectivity index (χ3v) is 7.11. The molecule has 1 amide bonds. The number of halogens is 1. The Morgan fingerprint density at radius 1 is 1.09 bits per heavy atom. The van der Waals surface area contributed by atoms with Crippen LogP contribution in [-0.2, 0) is 14.6 Å². The summed E-state index contributed by atoms with van der Waals surface area (Å²) in [7, 11) is -1.62. The number of carbonyl (C=O) groups is 1. The highest BCUT2D eigenvalue weighted by atomic mass is 32.2. The molecule has 1 aliphatic heterocycles. The van der Waals surface area contributed by atoms with Gasteiger partial charge in [-0.05, 0) is 30.3 Å². The molecular formula is C22H21FN2O6S. The van der Waals surface area contributed by atoms with E-state index >= 15 is 0 Å². The van der Waals surface area contributed by atoms with E-state index in [0.717, 1.165) is 6.07 Å². The molecule has 0 spiro atoms. The van der Waals surface area contributed by atoms with E-state index in [0.29, 0.717) is 26.3 Å². The molecular weight excluding hydrogens is 439 g/mol. The van der Waals surface area contributed by atoms with Crippen LogP contribution in [0.2, 0.25) is 0 Å². The van der Waals surface area contributed by atoms with Crippen molar-refractivity contribution in [2.24, 2.45) is 0 Å². The van der Waals surface area contributed by atoms with E-state index in [1.165, 1.54) is 49.6 Å². The number of rotatable bonds is 5. The predicted octanol–water partition coefficient (Wildman–Crippen LogP) is 2.70. The molecule has 0 atom stereocenters. The highest BCUT2D eigenvalue weighted by Gasteiger charge is 2.33. The SMILES string of the molecule is COc1ccc(OC)c(S(=O)(=O)c2c(C(=O)N3CCOCC3)cnc3ccc(F)cc23)c1. The fourth-order valence-corrected chi connectivity index (χ4v) is 5.41. The first kappa shape index (κ1) is 22.0. The van der Waals surface area contributed by atoms with Crippen LogP contribution in [0.15, 0.2) is 52.4 Å². The van der Waals surface area contributed by atoms with Crippen LogP contribution in [0.1, 0.15) is 10.4 Å². The predicted molar refractivity (Wildman–Crippen MR) is 113 cm³/mol. The maximum absolute atomic E-state index is 14.2. The Balaban J connectivity index is 2.01. The summed E-state index contributed by atoms with van der Waals surface area (Å²) in [4.78, 5) is 18.5. The Morgan fingerprint density at radius 2 is 1.84 bits per heavy atom. The number of hydrogen-bond donors (Lipinski definition) is 0. The van der Waals surface area contributed by atoms with Crippen molar-refractivity contribution in [1.29, 1.82) is 0 Å². The van der Waals surface area contributed by atoms with Crippen molar-refractivity contribution in [3.63, 3.8) is 0 Å². The van der Waals surface area contributed by atoms with Crippen LogP contribution in [0.5, 0.6) is 11.5 Å². The molecule has 10 heteroatoms. The van der Waals surface area contributed by atoms with E-state index in [9.17, 15) is 17.6 Å². The first-order valence-electron chi connectivity index (χ1n) is 9.79. The highest BCUT2D eigenvalue weighted by molar-refractivity contribution is 7.92. The van der Waals surface area contributed by atoms with Gasteiger partial charge in [0, 0.05) is 30.7 Å². The zero-order chi connectivity index (χ0) is 22.9. The zero-order valence-corrected chi connectivity index (χ0v) is 18.3. The van der Waals surface area contributed by atoms with E-state index in [1.807, 2.05) is 0 Å². The van der Waals surface area contributed by atoms with Crippen LogP contribution in [0.4, 0.5) is 4.39 Å². The van der Waals surface area contributed by atoms with Gasteiger partial charge in [-0.3, -0.25) is 9.78 Å². The fourth-order valence-electron chi connectivity index (χ4n) is 3.62. The second kappa shape index (κ2) is 8.71. The largest absolute Gasteiger partial charge is 0.497 e. The van der Waals surface area contributed by atoms with Crippen LogP contribution in [0.25, 0.3) is 10.9 Å². The Hall–Kier alpha value is -3.24. The maximum Gasteiger partial charge on any atom is 0.256 e. The van der Waals surface area contributed by atoms with Crippen LogP contribution in [0.3, 0.4) is 0 Å². The third kappa shape index (κ3) is 3.87. The Labute approximate surface area is 184 Å². The van der Waals surface area contributed by atoms with E-state index in [4.69, 9.17) is 14.2 Å². The number of fused-ring (bicyclic) bond motifs is 1. The molecule has 8 nitrogen and oxygen atoms in total. The number of ether oxygens (including phenoxy) is 3. The first-order valence-corrected chi connectivity index (χ1v) is 11.3. The number of pyridine rings is 1. The van der Waals surface area contributed by atoms with E-state index in [-0.39, 0.29) is 37.8 Å². The molecule has 2 heterocycles. The van der Waals surface area contributed by atoms with Gasteiger partial charge in [0.2, 0.25) is 9.84 Å². The number of methoxy groups -OCH3 is 2. The summed E-state index contributed by atoms with van der Waals surface area (Å²) in [5, 5.41) is 0.00832. The number of amides is 1. The van der Waals surface area contributed by atoms with E-state index in [1.54, 1.807) is 6.07 Å². The lowest BCUT2D eigenvalue weighted by Crippen LogP contribution is -2.41. The Kier molecular flexibility index (Phi) is 5.98. The third-order valence-electron chi connectivity index (χ3n) is 5.24. The smallest absolute Gasteiger partial charge is 0.256 e. The summed E-state index contributed by atoms with van der Waals surface area (Å²) < 4.78 is 57.8. The second-order valence-electron chi connectivity index (χ2n) is 7.09. The minimum atomic E-state index is -4.36. The summed E-state index contributed by atoms with van der Waals surface area (Å²) in [6.07, 6.45) is 1.22. The summed E-state index contributed by atoms with van der Waals surface area (Å²) in [5.41, 5.74) is 0.0974. The van der Waals surface area contributed by atoms with Gasteiger partial charge in [0.15, 0.2) is 0 Å². The van der Waals surface area contributed by atoms with Gasteiger partial charge in [-0.1, -0.05) is 0 Å². The molecule has 3 aromatic rings. The molecule has 168 valence electrons. The summed E-state index contributed by atoms with van der Waals surface area (Å²) in [6.45, 7) is 1.30. The van der Waals surface area contributed by atoms with Crippen molar-refractivity contribution >= 4 is 26.6 Å². The molecule has 1 fully saturated rings. The Bertz CT molecular complexity index is 1290. The number of nitrogens with zero attached hydrogens (tertiary/aromatic N) is 2. The molecule has 1 aromatic heterocycles. The van der Waals surface area contributed by atoms with Crippen LogP contribution in [0, 0.1) is 5.82 Å². The Morgan fingerprint density at radius 3 is 2.53 bits per heavy atom. The number of aromatic nitrogens is 1. The average molecular weight is 460 g/mol. The van der Waals surface area contributed by atoms with Crippen molar-refractivity contribution in [3.05, 3.63) is 54.0 Å². The lowest BCUT2D eigenvalue weighted by molar-refractivity contribution is 0.0300. The van der Waals surface area contributed by atoms with Crippen LogP contribution < -0.4 is 9.47 Å². The highest BCUT2D eigenvalue weighted by Crippen LogP contribution is 2.37. The quantitative estimate of drug-likeness (QED) is 0.578. The molecule has 0 bridgehead atoms. The van der Waals surface area contributed by atoms with E-state index in [2.05, 4.69) is 4.98 Å². The van der Waals surface area contributed by atoms with Crippen molar-refractivity contribution in [1.82, 2.24) is 9.88 Å². The average Bonchev–Trinajstić information content (AvgIpc) is 2.82. The van der Waals surface area contributed by atoms with Gasteiger partial charge in [0.25, 0.3) is 5.91 Å². The topological polar surface area (TPSA) is 95.0 Å².